The molecule has 0 spiro atoms. The molecule has 6 nitrogen and oxygen atoms in total. The van der Waals surface area contributed by atoms with Crippen LogP contribution in [0.5, 0.6) is 0 Å². The van der Waals surface area contributed by atoms with E-state index in [0.717, 1.165) is 11.5 Å². The molecule has 3 heterocycles. The van der Waals surface area contributed by atoms with Crippen LogP contribution < -0.4 is 0 Å². The van der Waals surface area contributed by atoms with Crippen molar-refractivity contribution in [3.63, 3.8) is 0 Å². The van der Waals surface area contributed by atoms with Crippen molar-refractivity contribution >= 4 is 28.2 Å². The number of nitrogens with zero attached hydrogens (tertiary/aromatic N) is 2. The number of imidazole rings is 1. The molecule has 0 aromatic carbocycles. The van der Waals surface area contributed by atoms with Crippen molar-refractivity contribution < 1.29 is 18.3 Å². The monoisotopic (exact) mass is 334 g/mol. The zero-order valence-electron chi connectivity index (χ0n) is 11.6. The second-order valence-electron chi connectivity index (χ2n) is 5.71. The first-order valence-corrected chi connectivity index (χ1v) is 8.76. The molecule has 2 aliphatic rings. The van der Waals surface area contributed by atoms with Crippen molar-refractivity contribution in [1.29, 1.82) is 0 Å². The molecule has 1 N–H and O–H groups in total. The highest BCUT2D eigenvalue weighted by atomic mass is 35.5. The van der Waals surface area contributed by atoms with E-state index in [1.165, 1.54) is 0 Å². The van der Waals surface area contributed by atoms with Gasteiger partial charge in [-0.15, -0.1) is 12.4 Å². The van der Waals surface area contributed by atoms with Crippen LogP contribution in [0.3, 0.4) is 0 Å². The van der Waals surface area contributed by atoms with Crippen molar-refractivity contribution in [2.24, 2.45) is 5.92 Å². The van der Waals surface area contributed by atoms with Gasteiger partial charge in [-0.3, -0.25) is 4.79 Å². The fourth-order valence-electron chi connectivity index (χ4n) is 3.17. The third kappa shape index (κ3) is 3.23. The Hall–Kier alpha value is -1.08. The second-order valence-corrected chi connectivity index (χ2v) is 8.02. The number of aliphatic carboxylic acids is 1. The summed E-state index contributed by atoms with van der Waals surface area (Å²) in [7, 11) is -2.86. The van der Waals surface area contributed by atoms with E-state index < -0.39 is 15.8 Å². The molecule has 118 valence electrons. The van der Waals surface area contributed by atoms with Crippen LogP contribution in [0.2, 0.25) is 0 Å². The van der Waals surface area contributed by atoms with Gasteiger partial charge in [-0.25, -0.2) is 13.4 Å². The maximum atomic E-state index is 11.5. The number of carboxylic acids is 1. The van der Waals surface area contributed by atoms with E-state index in [0.29, 0.717) is 32.2 Å². The smallest absolute Gasteiger partial charge is 0.306 e. The van der Waals surface area contributed by atoms with Gasteiger partial charge in [-0.05, 0) is 19.3 Å². The molecule has 2 aliphatic heterocycles. The minimum absolute atomic E-state index is 0. The van der Waals surface area contributed by atoms with E-state index in [9.17, 15) is 13.2 Å². The fraction of sp³-hybridized carbons (Fsp3) is 0.692. The predicted molar refractivity (Wildman–Crippen MR) is 79.6 cm³/mol. The number of rotatable bonds is 2. The fourth-order valence-corrected chi connectivity index (χ4v) is 4.66. The average Bonchev–Trinajstić information content (AvgIpc) is 2.81. The van der Waals surface area contributed by atoms with Crippen LogP contribution in [-0.4, -0.2) is 40.6 Å². The Morgan fingerprint density at radius 1 is 1.29 bits per heavy atom. The molecule has 1 saturated heterocycles. The van der Waals surface area contributed by atoms with Crippen molar-refractivity contribution in [2.45, 2.75) is 38.1 Å². The molecule has 1 fully saturated rings. The Morgan fingerprint density at radius 3 is 2.57 bits per heavy atom. The lowest BCUT2D eigenvalue weighted by molar-refractivity contribution is -0.142. The highest BCUT2D eigenvalue weighted by Crippen LogP contribution is 2.31. The van der Waals surface area contributed by atoms with Gasteiger partial charge in [0, 0.05) is 30.8 Å². The lowest BCUT2D eigenvalue weighted by Crippen LogP contribution is -2.28. The van der Waals surface area contributed by atoms with Gasteiger partial charge in [0.25, 0.3) is 0 Å². The standard InChI is InChI=1S/C13H18N2O4S.ClH/c16-13(17)10-1-4-15-11(7-10)8-14-12(15)9-2-5-20(18,19)6-3-9;/h8-10H,1-7H2,(H,16,17);1H. The van der Waals surface area contributed by atoms with Crippen LogP contribution in [0, 0.1) is 5.92 Å². The number of halogens is 1. The number of sulfone groups is 1. The van der Waals surface area contributed by atoms with Gasteiger partial charge in [0.1, 0.15) is 15.7 Å². The van der Waals surface area contributed by atoms with Gasteiger partial charge in [0.15, 0.2) is 0 Å². The number of aromatic nitrogens is 2. The lowest BCUT2D eigenvalue weighted by atomic mass is 9.95. The normalized spacial score (nSPS) is 24.9. The summed E-state index contributed by atoms with van der Waals surface area (Å²) in [5, 5.41) is 9.08. The first-order valence-electron chi connectivity index (χ1n) is 6.94. The van der Waals surface area contributed by atoms with Gasteiger partial charge in [0.05, 0.1) is 17.4 Å². The van der Waals surface area contributed by atoms with Crippen LogP contribution >= 0.6 is 12.4 Å². The van der Waals surface area contributed by atoms with E-state index in [4.69, 9.17) is 5.11 Å². The maximum Gasteiger partial charge on any atom is 0.306 e. The molecule has 0 bridgehead atoms. The molecule has 0 saturated carbocycles. The Bertz CT molecular complexity index is 627. The molecule has 1 aromatic heterocycles. The van der Waals surface area contributed by atoms with Crippen molar-refractivity contribution in [3.8, 4) is 0 Å². The van der Waals surface area contributed by atoms with Crippen molar-refractivity contribution in [1.82, 2.24) is 9.55 Å². The summed E-state index contributed by atoms with van der Waals surface area (Å²) in [5.41, 5.74) is 0.965. The quantitative estimate of drug-likeness (QED) is 0.879. The summed E-state index contributed by atoms with van der Waals surface area (Å²) >= 11 is 0. The number of fused-ring (bicyclic) bond motifs is 1. The summed E-state index contributed by atoms with van der Waals surface area (Å²) in [5.74, 6) is 0.531. The molecular weight excluding hydrogens is 316 g/mol. The van der Waals surface area contributed by atoms with Crippen LogP contribution in [0.15, 0.2) is 6.20 Å². The third-order valence-corrected chi connectivity index (χ3v) is 6.11. The zero-order valence-corrected chi connectivity index (χ0v) is 13.2. The Balaban J connectivity index is 0.00000161. The minimum Gasteiger partial charge on any atom is -0.481 e. The largest absolute Gasteiger partial charge is 0.481 e. The SMILES string of the molecule is Cl.O=C(O)C1CCn2c(cnc2C2CCS(=O)(=O)CC2)C1. The molecule has 8 heteroatoms. The van der Waals surface area contributed by atoms with Crippen LogP contribution in [-0.2, 0) is 27.6 Å². The highest BCUT2D eigenvalue weighted by molar-refractivity contribution is 7.91. The first kappa shape index (κ1) is 16.3. The van der Waals surface area contributed by atoms with Gasteiger partial charge in [-0.2, -0.15) is 0 Å². The minimum atomic E-state index is -2.86. The Labute approximate surface area is 129 Å². The highest BCUT2D eigenvalue weighted by Gasteiger charge is 2.31. The van der Waals surface area contributed by atoms with Crippen LogP contribution in [0.4, 0.5) is 0 Å². The van der Waals surface area contributed by atoms with Gasteiger partial charge in [-0.1, -0.05) is 0 Å². The number of hydrogen-bond donors (Lipinski definition) is 1. The Kier molecular flexibility index (Phi) is 4.63. The first-order chi connectivity index (χ1) is 9.46. The molecule has 1 aromatic rings. The number of carboxylic acid groups (broad SMARTS) is 1. The molecule has 1 atom stereocenters. The van der Waals surface area contributed by atoms with Gasteiger partial charge in [0.2, 0.25) is 0 Å². The molecule has 0 radical (unpaired) electrons. The van der Waals surface area contributed by atoms with Gasteiger partial charge < -0.3 is 9.67 Å². The topological polar surface area (TPSA) is 89.3 Å². The Morgan fingerprint density at radius 2 is 1.95 bits per heavy atom. The van der Waals surface area contributed by atoms with E-state index in [-0.39, 0.29) is 35.7 Å². The lowest BCUT2D eigenvalue weighted by Gasteiger charge is -2.26. The molecule has 0 amide bonds. The summed E-state index contributed by atoms with van der Waals surface area (Å²) in [6, 6.07) is 0. The van der Waals surface area contributed by atoms with Gasteiger partial charge >= 0.3 is 5.97 Å². The van der Waals surface area contributed by atoms with Crippen molar-refractivity contribution in [2.75, 3.05) is 11.5 Å². The maximum absolute atomic E-state index is 11.5. The van der Waals surface area contributed by atoms with E-state index in [1.807, 2.05) is 0 Å². The van der Waals surface area contributed by atoms with Crippen molar-refractivity contribution in [3.05, 3.63) is 17.7 Å². The zero-order chi connectivity index (χ0) is 14.3. The third-order valence-electron chi connectivity index (χ3n) is 4.39. The summed E-state index contributed by atoms with van der Waals surface area (Å²) in [6.45, 7) is 0.672. The average molecular weight is 335 g/mol. The van der Waals surface area contributed by atoms with Crippen LogP contribution in [0.1, 0.15) is 36.7 Å². The molecule has 1 unspecified atom stereocenters. The van der Waals surface area contributed by atoms with Crippen LogP contribution in [0.25, 0.3) is 0 Å². The second kappa shape index (κ2) is 5.96. The molecule has 0 aliphatic carbocycles. The summed E-state index contributed by atoms with van der Waals surface area (Å²) < 4.78 is 25.1. The van der Waals surface area contributed by atoms with E-state index in [1.54, 1.807) is 6.20 Å². The molecular formula is C13H19ClN2O4S. The predicted octanol–water partition coefficient (Wildman–Crippen LogP) is 1.24. The van der Waals surface area contributed by atoms with E-state index >= 15 is 0 Å². The number of carbonyl (C=O) groups is 1. The number of hydrogen-bond acceptors (Lipinski definition) is 4. The molecule has 21 heavy (non-hydrogen) atoms. The summed E-state index contributed by atoms with van der Waals surface area (Å²) in [4.78, 5) is 15.5. The van der Waals surface area contributed by atoms with E-state index in [2.05, 4.69) is 9.55 Å². The summed E-state index contributed by atoms with van der Waals surface area (Å²) in [6.07, 6.45) is 4.15. The molecule has 3 rings (SSSR count).